The molecule has 33 heavy (non-hydrogen) atoms. The van der Waals surface area contributed by atoms with Crippen molar-refractivity contribution < 1.29 is 23.9 Å². The second-order valence-electron chi connectivity index (χ2n) is 8.85. The van der Waals surface area contributed by atoms with Gasteiger partial charge in [0.25, 0.3) is 11.8 Å². The van der Waals surface area contributed by atoms with Crippen LogP contribution < -0.4 is 15.4 Å². The Balaban J connectivity index is 0.000000183. The zero-order chi connectivity index (χ0) is 23.5. The quantitative estimate of drug-likeness (QED) is 0.595. The number of fused-ring (bicyclic) bond motifs is 1. The van der Waals surface area contributed by atoms with Crippen LogP contribution in [0, 0.1) is 0 Å². The van der Waals surface area contributed by atoms with Crippen molar-refractivity contribution in [3.63, 3.8) is 0 Å². The number of ether oxygens (including phenoxy) is 1. The van der Waals surface area contributed by atoms with Crippen molar-refractivity contribution in [2.75, 3.05) is 53.4 Å². The monoisotopic (exact) mass is 457 g/mol. The highest BCUT2D eigenvalue weighted by Crippen LogP contribution is 2.30. The summed E-state index contributed by atoms with van der Waals surface area (Å²) in [6.07, 6.45) is 1.62. The van der Waals surface area contributed by atoms with E-state index in [2.05, 4.69) is 27.5 Å². The minimum atomic E-state index is -0.943. The van der Waals surface area contributed by atoms with Crippen molar-refractivity contribution in [1.82, 2.24) is 25.3 Å². The normalized spacial score (nSPS) is 26.1. The maximum atomic E-state index is 12.4. The molecule has 1 aromatic rings. The van der Waals surface area contributed by atoms with Crippen LogP contribution in [-0.4, -0.2) is 104 Å². The minimum Gasteiger partial charge on any atom is -0.497 e. The number of rotatable bonds is 3. The van der Waals surface area contributed by atoms with Gasteiger partial charge in [-0.1, -0.05) is 0 Å². The highest BCUT2D eigenvalue weighted by atomic mass is 16.5. The zero-order valence-corrected chi connectivity index (χ0v) is 19.1. The van der Waals surface area contributed by atoms with E-state index >= 15 is 0 Å². The molecule has 1 aromatic carbocycles. The second-order valence-corrected chi connectivity index (χ2v) is 8.85. The molecule has 0 saturated carbocycles. The Hall–Kier alpha value is -2.82. The average molecular weight is 458 g/mol. The Morgan fingerprint density at radius 2 is 1.70 bits per heavy atom. The molecule has 0 radical (unpaired) electrons. The molecule has 0 spiro atoms. The number of amides is 4. The molecule has 2 unspecified atom stereocenters. The summed E-state index contributed by atoms with van der Waals surface area (Å²) in [5.41, 5.74) is 0.453. The Bertz CT molecular complexity index is 942. The van der Waals surface area contributed by atoms with Crippen LogP contribution in [0.2, 0.25) is 0 Å². The number of piperidine rings is 1. The average Bonchev–Trinajstić information content (AvgIpc) is 3.36. The van der Waals surface area contributed by atoms with Gasteiger partial charge in [0.1, 0.15) is 11.8 Å². The first-order valence-electron chi connectivity index (χ1n) is 11.4. The highest BCUT2D eigenvalue weighted by molar-refractivity contribution is 6.23. The van der Waals surface area contributed by atoms with Gasteiger partial charge in [-0.3, -0.25) is 34.3 Å². The van der Waals surface area contributed by atoms with Crippen molar-refractivity contribution >= 4 is 23.6 Å². The van der Waals surface area contributed by atoms with Crippen molar-refractivity contribution in [2.24, 2.45) is 0 Å². The third-order valence-electron chi connectivity index (χ3n) is 6.68. The topological polar surface area (TPSA) is 111 Å². The van der Waals surface area contributed by atoms with Crippen molar-refractivity contribution in [3.05, 3.63) is 29.3 Å². The number of imide groups is 2. The van der Waals surface area contributed by atoms with E-state index in [0.29, 0.717) is 5.75 Å². The van der Waals surface area contributed by atoms with E-state index in [0.717, 1.165) is 10.9 Å². The van der Waals surface area contributed by atoms with E-state index in [9.17, 15) is 19.2 Å². The summed E-state index contributed by atoms with van der Waals surface area (Å²) >= 11 is 0. The molecule has 4 amide bonds. The molecule has 10 nitrogen and oxygen atoms in total. The molecule has 10 heteroatoms. The number of hydrogen-bond donors (Lipinski definition) is 2. The van der Waals surface area contributed by atoms with Crippen molar-refractivity contribution in [1.29, 1.82) is 0 Å². The molecule has 2 N–H and O–H groups in total. The predicted octanol–water partition coefficient (Wildman–Crippen LogP) is -0.308. The van der Waals surface area contributed by atoms with Gasteiger partial charge in [-0.15, -0.1) is 0 Å². The Kier molecular flexibility index (Phi) is 7.06. The van der Waals surface area contributed by atoms with Crippen molar-refractivity contribution in [3.8, 4) is 5.75 Å². The van der Waals surface area contributed by atoms with E-state index in [1.54, 1.807) is 6.07 Å². The molecular formula is C23H31N5O5. The van der Waals surface area contributed by atoms with Gasteiger partial charge in [0.2, 0.25) is 11.8 Å². The number of likely N-dealkylation sites (N-methyl/N-ethyl adjacent to an activating group) is 1. The Labute approximate surface area is 193 Å². The van der Waals surface area contributed by atoms with Crippen molar-refractivity contribution in [2.45, 2.75) is 31.3 Å². The summed E-state index contributed by atoms with van der Waals surface area (Å²) in [4.78, 5) is 53.7. The van der Waals surface area contributed by atoms with E-state index < -0.39 is 29.7 Å². The van der Waals surface area contributed by atoms with E-state index in [1.165, 1.54) is 64.9 Å². The fraction of sp³-hybridized carbons (Fsp3) is 0.565. The molecular weight excluding hydrogens is 426 g/mol. The largest absolute Gasteiger partial charge is 0.497 e. The molecule has 3 fully saturated rings. The van der Waals surface area contributed by atoms with Crippen LogP contribution >= 0.6 is 0 Å². The first kappa shape index (κ1) is 23.3. The molecule has 4 aliphatic heterocycles. The molecule has 4 heterocycles. The molecule has 0 aliphatic carbocycles. The van der Waals surface area contributed by atoms with E-state index in [1.807, 2.05) is 0 Å². The summed E-state index contributed by atoms with van der Waals surface area (Å²) in [5, 5.41) is 5.54. The number of carbonyl (C=O) groups is 4. The SMILES string of the molecule is CN1CCC(N2CCNCC2)C1.COc1ccc2c(c1)C(=O)N(C1CCC(=O)NC1=O)C2=O. The Morgan fingerprint density at radius 1 is 0.970 bits per heavy atom. The van der Waals surface area contributed by atoms with Gasteiger partial charge in [-0.2, -0.15) is 0 Å². The number of nitrogens with one attached hydrogen (secondary N) is 2. The Morgan fingerprint density at radius 3 is 2.33 bits per heavy atom. The van der Waals surface area contributed by atoms with Gasteiger partial charge in [-0.25, -0.2) is 0 Å². The summed E-state index contributed by atoms with van der Waals surface area (Å²) < 4.78 is 5.03. The third kappa shape index (κ3) is 4.92. The van der Waals surface area contributed by atoms with Crippen LogP contribution in [0.1, 0.15) is 40.0 Å². The van der Waals surface area contributed by atoms with E-state index in [4.69, 9.17) is 4.74 Å². The molecule has 5 rings (SSSR count). The summed E-state index contributed by atoms with van der Waals surface area (Å²) in [6.45, 7) is 7.42. The van der Waals surface area contributed by atoms with Gasteiger partial charge in [0, 0.05) is 45.2 Å². The standard InChI is InChI=1S/C14H12N2O5.C9H19N3/c1-21-7-2-3-8-9(6-7)14(20)16(13(8)19)10-4-5-11(17)15-12(10)18;1-11-5-2-9(8-11)12-6-3-10-4-7-12/h2-3,6,10H,4-5H2,1H3,(H,15,17,18);9-10H,2-8H2,1H3. The first-order valence-corrected chi connectivity index (χ1v) is 11.4. The molecule has 4 aliphatic rings. The smallest absolute Gasteiger partial charge is 0.262 e. The number of likely N-dealkylation sites (tertiary alicyclic amines) is 1. The minimum absolute atomic E-state index is 0.104. The van der Waals surface area contributed by atoms with E-state index in [-0.39, 0.29) is 24.0 Å². The number of hydrogen-bond acceptors (Lipinski definition) is 8. The highest BCUT2D eigenvalue weighted by Gasteiger charge is 2.44. The predicted molar refractivity (Wildman–Crippen MR) is 120 cm³/mol. The van der Waals surface area contributed by atoms with Gasteiger partial charge >= 0.3 is 0 Å². The number of nitrogens with zero attached hydrogens (tertiary/aromatic N) is 3. The second kappa shape index (κ2) is 9.98. The fourth-order valence-corrected chi connectivity index (χ4v) is 4.83. The molecule has 2 atom stereocenters. The lowest BCUT2D eigenvalue weighted by atomic mass is 10.0. The molecule has 0 aromatic heterocycles. The van der Waals surface area contributed by atoms with Crippen LogP contribution in [-0.2, 0) is 9.59 Å². The first-order chi connectivity index (χ1) is 15.9. The summed E-state index contributed by atoms with van der Waals surface area (Å²) in [7, 11) is 3.68. The van der Waals surface area contributed by atoms with Crippen LogP contribution in [0.15, 0.2) is 18.2 Å². The molecule has 0 bridgehead atoms. The third-order valence-corrected chi connectivity index (χ3v) is 6.68. The van der Waals surface area contributed by atoms with Crippen LogP contribution in [0.5, 0.6) is 5.75 Å². The number of methoxy groups -OCH3 is 1. The molecule has 178 valence electrons. The molecule has 3 saturated heterocycles. The number of carbonyl (C=O) groups excluding carboxylic acids is 4. The fourth-order valence-electron chi connectivity index (χ4n) is 4.83. The zero-order valence-electron chi connectivity index (χ0n) is 19.1. The lowest BCUT2D eigenvalue weighted by Gasteiger charge is -2.32. The maximum Gasteiger partial charge on any atom is 0.262 e. The summed E-state index contributed by atoms with van der Waals surface area (Å²) in [5.74, 6) is -1.61. The van der Waals surface area contributed by atoms with Crippen LogP contribution in [0.25, 0.3) is 0 Å². The lowest BCUT2D eigenvalue weighted by molar-refractivity contribution is -0.136. The summed E-state index contributed by atoms with van der Waals surface area (Å²) in [6, 6.07) is 4.46. The van der Waals surface area contributed by atoms with Gasteiger partial charge in [0.15, 0.2) is 0 Å². The maximum absolute atomic E-state index is 12.4. The van der Waals surface area contributed by atoms with Gasteiger partial charge in [-0.05, 0) is 44.6 Å². The van der Waals surface area contributed by atoms with Gasteiger partial charge in [0.05, 0.1) is 18.2 Å². The lowest BCUT2D eigenvalue weighted by Crippen LogP contribution is -2.54. The number of benzene rings is 1. The van der Waals surface area contributed by atoms with Gasteiger partial charge < -0.3 is 15.0 Å². The van der Waals surface area contributed by atoms with Crippen LogP contribution in [0.4, 0.5) is 0 Å². The number of piperazine rings is 1. The van der Waals surface area contributed by atoms with Crippen LogP contribution in [0.3, 0.4) is 0 Å².